The molecule has 0 aliphatic rings. The van der Waals surface area contributed by atoms with Crippen molar-refractivity contribution in [2.75, 3.05) is 20.3 Å². The molecule has 6 nitrogen and oxygen atoms in total. The molecule has 1 amide bonds. The second-order valence-corrected chi connectivity index (χ2v) is 3.04. The third-order valence-electron chi connectivity index (χ3n) is 1.75. The number of nitrogens with one attached hydrogen (secondary N) is 1. The van der Waals surface area contributed by atoms with Crippen molar-refractivity contribution in [1.82, 2.24) is 15.1 Å². The molecule has 0 aliphatic heterocycles. The highest BCUT2D eigenvalue weighted by atomic mass is 16.5. The third kappa shape index (κ3) is 3.51. The summed E-state index contributed by atoms with van der Waals surface area (Å²) >= 11 is 0. The van der Waals surface area contributed by atoms with Crippen molar-refractivity contribution >= 4 is 11.7 Å². The van der Waals surface area contributed by atoms with Gasteiger partial charge in [-0.25, -0.2) is 0 Å². The summed E-state index contributed by atoms with van der Waals surface area (Å²) in [6.07, 6.45) is 3.07. The first-order chi connectivity index (χ1) is 7.13. The number of hydrogen-bond acceptors (Lipinski definition) is 4. The molecule has 0 atom stereocenters. The summed E-state index contributed by atoms with van der Waals surface area (Å²) in [4.78, 5) is 22.4. The van der Waals surface area contributed by atoms with E-state index in [9.17, 15) is 9.59 Å². The number of methoxy groups -OCH3 is 1. The van der Waals surface area contributed by atoms with Gasteiger partial charge in [0.15, 0.2) is 5.78 Å². The van der Waals surface area contributed by atoms with Gasteiger partial charge in [0.25, 0.3) is 0 Å². The van der Waals surface area contributed by atoms with Crippen LogP contribution in [0.3, 0.4) is 0 Å². The van der Waals surface area contributed by atoms with E-state index in [1.54, 1.807) is 13.2 Å². The molecular formula is C9H13N3O3. The maximum Gasteiger partial charge on any atom is 0.246 e. The third-order valence-corrected chi connectivity index (χ3v) is 1.75. The topological polar surface area (TPSA) is 73.2 Å². The first-order valence-electron chi connectivity index (χ1n) is 4.41. The van der Waals surface area contributed by atoms with E-state index in [1.165, 1.54) is 18.0 Å². The summed E-state index contributed by atoms with van der Waals surface area (Å²) in [7, 11) is 3.14. The summed E-state index contributed by atoms with van der Waals surface area (Å²) in [6, 6.07) is 0. The number of nitrogens with zero attached hydrogens (tertiary/aromatic N) is 2. The lowest BCUT2D eigenvalue weighted by Gasteiger charge is -2.01. The number of ketones is 1. The molecule has 1 aromatic rings. The fourth-order valence-corrected chi connectivity index (χ4v) is 1.03. The van der Waals surface area contributed by atoms with E-state index < -0.39 is 0 Å². The standard InChI is InChI=1S/C9H13N3O3/c1-12-5-7(3-11-12)8(13)4-10-9(14)6-15-2/h3,5H,4,6H2,1-2H3,(H,10,14). The predicted octanol–water partition coefficient (Wildman–Crippen LogP) is -0.635. The second kappa shape index (κ2) is 5.26. The lowest BCUT2D eigenvalue weighted by Crippen LogP contribution is -2.32. The largest absolute Gasteiger partial charge is 0.375 e. The molecule has 1 rings (SSSR count). The van der Waals surface area contributed by atoms with Crippen LogP contribution in [-0.4, -0.2) is 41.7 Å². The van der Waals surface area contributed by atoms with Gasteiger partial charge in [0.1, 0.15) is 6.61 Å². The lowest BCUT2D eigenvalue weighted by molar-refractivity contribution is -0.124. The maximum atomic E-state index is 11.5. The molecule has 0 unspecified atom stereocenters. The van der Waals surface area contributed by atoms with E-state index in [2.05, 4.69) is 15.2 Å². The van der Waals surface area contributed by atoms with Crippen LogP contribution in [0.2, 0.25) is 0 Å². The zero-order chi connectivity index (χ0) is 11.3. The quantitative estimate of drug-likeness (QED) is 0.658. The fraction of sp³-hybridized carbons (Fsp3) is 0.444. The molecule has 0 saturated heterocycles. The van der Waals surface area contributed by atoms with Gasteiger partial charge in [0, 0.05) is 20.4 Å². The molecule has 0 radical (unpaired) electrons. The average Bonchev–Trinajstić information content (AvgIpc) is 2.62. The number of aryl methyl sites for hydroxylation is 1. The number of ether oxygens (including phenoxy) is 1. The molecule has 0 saturated carbocycles. The summed E-state index contributed by atoms with van der Waals surface area (Å²) in [5.74, 6) is -0.484. The second-order valence-electron chi connectivity index (χ2n) is 3.04. The SMILES string of the molecule is COCC(=O)NCC(=O)c1cnn(C)c1. The van der Waals surface area contributed by atoms with Gasteiger partial charge >= 0.3 is 0 Å². The van der Waals surface area contributed by atoms with Crippen LogP contribution in [0, 0.1) is 0 Å². The Hall–Kier alpha value is -1.69. The average molecular weight is 211 g/mol. The molecule has 0 spiro atoms. The van der Waals surface area contributed by atoms with Gasteiger partial charge in [0.05, 0.1) is 18.3 Å². The van der Waals surface area contributed by atoms with Crippen LogP contribution in [0.1, 0.15) is 10.4 Å². The van der Waals surface area contributed by atoms with Crippen LogP contribution in [-0.2, 0) is 16.6 Å². The molecule has 0 aromatic carbocycles. The minimum atomic E-state index is -0.310. The van der Waals surface area contributed by atoms with Crippen molar-refractivity contribution in [2.45, 2.75) is 0 Å². The number of carbonyl (C=O) groups excluding carboxylic acids is 2. The van der Waals surface area contributed by atoms with Crippen molar-refractivity contribution < 1.29 is 14.3 Å². The van der Waals surface area contributed by atoms with Crippen LogP contribution >= 0.6 is 0 Å². The molecule has 6 heteroatoms. The van der Waals surface area contributed by atoms with E-state index >= 15 is 0 Å². The Labute approximate surface area is 87.2 Å². The number of carbonyl (C=O) groups is 2. The Bertz CT molecular complexity index is 359. The Kier molecular flexibility index (Phi) is 3.99. The Morgan fingerprint density at radius 2 is 2.33 bits per heavy atom. The smallest absolute Gasteiger partial charge is 0.246 e. The minimum absolute atomic E-state index is 0.0338. The Morgan fingerprint density at radius 3 is 2.87 bits per heavy atom. The number of hydrogen-bond donors (Lipinski definition) is 1. The van der Waals surface area contributed by atoms with Gasteiger partial charge in [0.2, 0.25) is 5.91 Å². The normalized spacial score (nSPS) is 10.0. The highest BCUT2D eigenvalue weighted by Crippen LogP contribution is 1.96. The van der Waals surface area contributed by atoms with Gasteiger partial charge in [-0.2, -0.15) is 5.10 Å². The monoisotopic (exact) mass is 211 g/mol. The first-order valence-corrected chi connectivity index (χ1v) is 4.41. The van der Waals surface area contributed by atoms with Crippen molar-refractivity contribution in [3.63, 3.8) is 0 Å². The van der Waals surface area contributed by atoms with E-state index in [1.807, 2.05) is 0 Å². The van der Waals surface area contributed by atoms with Crippen LogP contribution in [0.15, 0.2) is 12.4 Å². The number of Topliss-reactive ketones (excluding diaryl/α,β-unsaturated/α-hetero) is 1. The molecular weight excluding hydrogens is 198 g/mol. The van der Waals surface area contributed by atoms with Crippen LogP contribution in [0.4, 0.5) is 0 Å². The number of amides is 1. The molecule has 0 bridgehead atoms. The van der Waals surface area contributed by atoms with Gasteiger partial charge in [-0.15, -0.1) is 0 Å². The van der Waals surface area contributed by atoms with Crippen molar-refractivity contribution in [3.05, 3.63) is 18.0 Å². The van der Waals surface area contributed by atoms with Crippen LogP contribution < -0.4 is 5.32 Å². The van der Waals surface area contributed by atoms with E-state index in [0.717, 1.165) is 0 Å². The van der Waals surface area contributed by atoms with E-state index in [0.29, 0.717) is 5.56 Å². The number of rotatable bonds is 5. The van der Waals surface area contributed by atoms with Crippen molar-refractivity contribution in [3.8, 4) is 0 Å². The molecule has 0 aliphatic carbocycles. The molecule has 1 heterocycles. The lowest BCUT2D eigenvalue weighted by atomic mass is 10.2. The van der Waals surface area contributed by atoms with Gasteiger partial charge in [-0.05, 0) is 0 Å². The van der Waals surface area contributed by atoms with Crippen LogP contribution in [0.25, 0.3) is 0 Å². The molecule has 0 fully saturated rings. The highest BCUT2D eigenvalue weighted by Gasteiger charge is 2.09. The highest BCUT2D eigenvalue weighted by molar-refractivity contribution is 5.99. The van der Waals surface area contributed by atoms with Gasteiger partial charge in [-0.1, -0.05) is 0 Å². The van der Waals surface area contributed by atoms with E-state index in [4.69, 9.17) is 0 Å². The number of aromatic nitrogens is 2. The summed E-state index contributed by atoms with van der Waals surface area (Å²) in [5, 5.41) is 6.30. The maximum absolute atomic E-state index is 11.5. The van der Waals surface area contributed by atoms with Gasteiger partial charge in [-0.3, -0.25) is 14.3 Å². The molecule has 82 valence electrons. The predicted molar refractivity (Wildman–Crippen MR) is 52.4 cm³/mol. The summed E-state index contributed by atoms with van der Waals surface area (Å²) in [6.45, 7) is -0.0752. The molecule has 1 aromatic heterocycles. The zero-order valence-electron chi connectivity index (χ0n) is 8.69. The zero-order valence-corrected chi connectivity index (χ0v) is 8.69. The van der Waals surface area contributed by atoms with Crippen LogP contribution in [0.5, 0.6) is 0 Å². The first kappa shape index (κ1) is 11.4. The van der Waals surface area contributed by atoms with Crippen molar-refractivity contribution in [1.29, 1.82) is 0 Å². The minimum Gasteiger partial charge on any atom is -0.375 e. The van der Waals surface area contributed by atoms with Gasteiger partial charge < -0.3 is 10.1 Å². The Morgan fingerprint density at radius 1 is 1.60 bits per heavy atom. The fourth-order valence-electron chi connectivity index (χ4n) is 1.03. The summed E-state index contributed by atoms with van der Waals surface area (Å²) < 4.78 is 6.14. The summed E-state index contributed by atoms with van der Waals surface area (Å²) in [5.41, 5.74) is 0.482. The molecule has 15 heavy (non-hydrogen) atoms. The van der Waals surface area contributed by atoms with E-state index in [-0.39, 0.29) is 24.8 Å². The molecule has 1 N–H and O–H groups in total. The Balaban J connectivity index is 2.40. The van der Waals surface area contributed by atoms with Crippen molar-refractivity contribution in [2.24, 2.45) is 7.05 Å².